The number of fused-ring (bicyclic) bond motifs is 1. The van der Waals surface area contributed by atoms with Crippen molar-refractivity contribution in [1.82, 2.24) is 14.5 Å². The Kier molecular flexibility index (Phi) is 7.47. The van der Waals surface area contributed by atoms with Gasteiger partial charge in [0.1, 0.15) is 5.82 Å². The van der Waals surface area contributed by atoms with E-state index >= 15 is 0 Å². The average Bonchev–Trinajstić information content (AvgIpc) is 3.05. The van der Waals surface area contributed by atoms with E-state index in [0.717, 1.165) is 64.5 Å². The molecule has 2 heterocycles. The molecular formula is C21H33N3O2. The lowest BCUT2D eigenvalue weighted by atomic mass is 9.96. The molecule has 0 bridgehead atoms. The summed E-state index contributed by atoms with van der Waals surface area (Å²) in [6.45, 7) is 11.6. The van der Waals surface area contributed by atoms with Gasteiger partial charge in [-0.05, 0) is 51.4 Å². The van der Waals surface area contributed by atoms with Gasteiger partial charge in [0.25, 0.3) is 0 Å². The molecule has 1 aliphatic rings. The second-order valence-corrected chi connectivity index (χ2v) is 7.04. The van der Waals surface area contributed by atoms with Gasteiger partial charge in [-0.3, -0.25) is 0 Å². The third-order valence-corrected chi connectivity index (χ3v) is 5.20. The predicted octanol–water partition coefficient (Wildman–Crippen LogP) is 3.68. The van der Waals surface area contributed by atoms with Gasteiger partial charge in [0.15, 0.2) is 0 Å². The van der Waals surface area contributed by atoms with Gasteiger partial charge >= 0.3 is 0 Å². The highest BCUT2D eigenvalue weighted by Crippen LogP contribution is 2.30. The fraction of sp³-hybridized carbons (Fsp3) is 0.667. The summed E-state index contributed by atoms with van der Waals surface area (Å²) in [7, 11) is 0. The lowest BCUT2D eigenvalue weighted by Gasteiger charge is -2.31. The number of imidazole rings is 1. The molecule has 0 amide bonds. The smallest absolute Gasteiger partial charge is 0.113 e. The van der Waals surface area contributed by atoms with E-state index in [1.54, 1.807) is 0 Å². The van der Waals surface area contributed by atoms with Crippen molar-refractivity contribution < 1.29 is 9.47 Å². The van der Waals surface area contributed by atoms with Crippen LogP contribution in [0.2, 0.25) is 0 Å². The number of ether oxygens (including phenoxy) is 2. The van der Waals surface area contributed by atoms with Gasteiger partial charge in [0.2, 0.25) is 0 Å². The maximum Gasteiger partial charge on any atom is 0.113 e. The van der Waals surface area contributed by atoms with E-state index in [4.69, 9.17) is 14.5 Å². The number of hydrogen-bond acceptors (Lipinski definition) is 4. The van der Waals surface area contributed by atoms with Crippen LogP contribution in [0.4, 0.5) is 0 Å². The van der Waals surface area contributed by atoms with Crippen molar-refractivity contribution in [2.75, 3.05) is 46.1 Å². The number of piperidine rings is 1. The second-order valence-electron chi connectivity index (χ2n) is 7.04. The summed E-state index contributed by atoms with van der Waals surface area (Å²) < 4.78 is 13.6. The first-order valence-corrected chi connectivity index (χ1v) is 10.2. The maximum absolute atomic E-state index is 5.64. The number of para-hydroxylation sites is 2. The van der Waals surface area contributed by atoms with Gasteiger partial charge in [-0.1, -0.05) is 19.1 Å². The van der Waals surface area contributed by atoms with Crippen molar-refractivity contribution in [3.8, 4) is 0 Å². The summed E-state index contributed by atoms with van der Waals surface area (Å²) in [4.78, 5) is 7.52. The number of likely N-dealkylation sites (tertiary alicyclic amines) is 1. The van der Waals surface area contributed by atoms with Crippen molar-refractivity contribution >= 4 is 11.0 Å². The van der Waals surface area contributed by atoms with Crippen LogP contribution < -0.4 is 0 Å². The van der Waals surface area contributed by atoms with Crippen LogP contribution >= 0.6 is 0 Å². The molecule has 0 aliphatic carbocycles. The lowest BCUT2D eigenvalue weighted by Crippen LogP contribution is -2.36. The summed E-state index contributed by atoms with van der Waals surface area (Å²) in [6.07, 6.45) is 3.44. The van der Waals surface area contributed by atoms with Gasteiger partial charge in [-0.2, -0.15) is 0 Å². The molecule has 1 fully saturated rings. The van der Waals surface area contributed by atoms with Crippen molar-refractivity contribution in [3.63, 3.8) is 0 Å². The second kappa shape index (κ2) is 10.0. The number of nitrogens with zero attached hydrogens (tertiary/aromatic N) is 3. The number of rotatable bonds is 10. The minimum atomic E-state index is 0.539. The van der Waals surface area contributed by atoms with Crippen molar-refractivity contribution in [3.05, 3.63) is 30.1 Å². The van der Waals surface area contributed by atoms with E-state index < -0.39 is 0 Å². The van der Waals surface area contributed by atoms with Crippen LogP contribution in [0.15, 0.2) is 24.3 Å². The van der Waals surface area contributed by atoms with Gasteiger partial charge in [0.05, 0.1) is 24.2 Å². The summed E-state index contributed by atoms with van der Waals surface area (Å²) in [6, 6.07) is 8.48. The minimum Gasteiger partial charge on any atom is -0.380 e. The molecule has 0 radical (unpaired) electrons. The van der Waals surface area contributed by atoms with Gasteiger partial charge in [-0.15, -0.1) is 0 Å². The molecule has 0 atom stereocenters. The molecule has 0 unspecified atom stereocenters. The topological polar surface area (TPSA) is 39.5 Å². The number of hydrogen-bond donors (Lipinski definition) is 0. The third kappa shape index (κ3) is 4.84. The van der Waals surface area contributed by atoms with E-state index in [1.807, 2.05) is 6.92 Å². The van der Waals surface area contributed by atoms with E-state index in [1.165, 1.54) is 24.2 Å². The molecule has 2 aromatic rings. The molecular weight excluding hydrogens is 326 g/mol. The van der Waals surface area contributed by atoms with Crippen LogP contribution in [0, 0.1) is 0 Å². The zero-order chi connectivity index (χ0) is 18.2. The van der Waals surface area contributed by atoms with Gasteiger partial charge in [-0.25, -0.2) is 4.98 Å². The number of benzene rings is 1. The zero-order valence-electron chi connectivity index (χ0n) is 16.3. The Morgan fingerprint density at radius 3 is 2.54 bits per heavy atom. The molecule has 5 heteroatoms. The first-order valence-electron chi connectivity index (χ1n) is 10.2. The third-order valence-electron chi connectivity index (χ3n) is 5.20. The highest BCUT2D eigenvalue weighted by Gasteiger charge is 2.25. The van der Waals surface area contributed by atoms with E-state index in [2.05, 4.69) is 40.7 Å². The van der Waals surface area contributed by atoms with Crippen molar-refractivity contribution in [2.24, 2.45) is 0 Å². The first kappa shape index (κ1) is 19.3. The Hall–Kier alpha value is -1.43. The largest absolute Gasteiger partial charge is 0.380 e. The van der Waals surface area contributed by atoms with Crippen LogP contribution in [0.5, 0.6) is 0 Å². The average molecular weight is 360 g/mol. The molecule has 1 aliphatic heterocycles. The summed E-state index contributed by atoms with van der Waals surface area (Å²) in [5.74, 6) is 1.78. The molecule has 0 spiro atoms. The Bertz CT molecular complexity index is 662. The SMILES string of the molecule is CCCOCCN1CCC(c2nc3ccccc3n2CCOCC)CC1. The predicted molar refractivity (Wildman–Crippen MR) is 106 cm³/mol. The molecule has 0 saturated carbocycles. The normalized spacial score (nSPS) is 16.5. The molecule has 1 aromatic carbocycles. The monoisotopic (exact) mass is 359 g/mol. The van der Waals surface area contributed by atoms with E-state index in [-0.39, 0.29) is 0 Å². The van der Waals surface area contributed by atoms with Gasteiger partial charge in [0, 0.05) is 32.2 Å². The summed E-state index contributed by atoms with van der Waals surface area (Å²) in [5, 5.41) is 0. The molecule has 144 valence electrons. The number of aromatic nitrogens is 2. The lowest BCUT2D eigenvalue weighted by molar-refractivity contribution is 0.0933. The van der Waals surface area contributed by atoms with E-state index in [9.17, 15) is 0 Å². The summed E-state index contributed by atoms with van der Waals surface area (Å²) >= 11 is 0. The highest BCUT2D eigenvalue weighted by atomic mass is 16.5. The molecule has 26 heavy (non-hydrogen) atoms. The highest BCUT2D eigenvalue weighted by molar-refractivity contribution is 5.76. The van der Waals surface area contributed by atoms with Gasteiger partial charge < -0.3 is 18.9 Å². The fourth-order valence-electron chi connectivity index (χ4n) is 3.80. The Morgan fingerprint density at radius 1 is 1.00 bits per heavy atom. The molecule has 3 rings (SSSR count). The maximum atomic E-state index is 5.64. The van der Waals surface area contributed by atoms with Crippen LogP contribution in [-0.2, 0) is 16.0 Å². The summed E-state index contributed by atoms with van der Waals surface area (Å²) in [5.41, 5.74) is 2.34. The molecule has 0 N–H and O–H groups in total. The standard InChI is InChI=1S/C21H33N3O2/c1-3-15-26-16-13-23-11-9-18(10-12-23)21-22-19-7-5-6-8-20(19)24(21)14-17-25-4-2/h5-8,18H,3-4,9-17H2,1-2H3. The Morgan fingerprint density at radius 2 is 1.77 bits per heavy atom. The van der Waals surface area contributed by atoms with Crippen LogP contribution in [0.25, 0.3) is 11.0 Å². The minimum absolute atomic E-state index is 0.539. The van der Waals surface area contributed by atoms with Crippen LogP contribution in [0.3, 0.4) is 0 Å². The Labute approximate surface area is 157 Å². The van der Waals surface area contributed by atoms with Crippen LogP contribution in [0.1, 0.15) is 44.9 Å². The molecule has 1 saturated heterocycles. The first-order chi connectivity index (χ1) is 12.8. The molecule has 1 aromatic heterocycles. The molecule has 5 nitrogen and oxygen atoms in total. The Balaban J connectivity index is 1.63. The fourth-order valence-corrected chi connectivity index (χ4v) is 3.80. The zero-order valence-corrected chi connectivity index (χ0v) is 16.3. The van der Waals surface area contributed by atoms with E-state index in [0.29, 0.717) is 5.92 Å². The quantitative estimate of drug-likeness (QED) is 0.607. The van der Waals surface area contributed by atoms with Crippen molar-refractivity contribution in [2.45, 2.75) is 45.6 Å². The van der Waals surface area contributed by atoms with Crippen LogP contribution in [-0.4, -0.2) is 60.5 Å². The van der Waals surface area contributed by atoms with Crippen molar-refractivity contribution in [1.29, 1.82) is 0 Å².